The quantitative estimate of drug-likeness (QED) is 0.907. The first-order valence-electron chi connectivity index (χ1n) is 8.71. The molecule has 1 amide bonds. The molecule has 0 spiro atoms. The number of nitrogens with zero attached hydrogens (tertiary/aromatic N) is 2. The van der Waals surface area contributed by atoms with E-state index in [1.54, 1.807) is 4.90 Å². The Hall–Kier alpha value is -1.66. The Bertz CT molecular complexity index is 744. The van der Waals surface area contributed by atoms with Gasteiger partial charge in [0.2, 0.25) is 5.91 Å². The summed E-state index contributed by atoms with van der Waals surface area (Å²) in [6.45, 7) is 9.44. The van der Waals surface area contributed by atoms with Crippen molar-refractivity contribution in [3.63, 3.8) is 0 Å². The van der Waals surface area contributed by atoms with E-state index in [0.717, 1.165) is 28.6 Å². The predicted molar refractivity (Wildman–Crippen MR) is 98.4 cm³/mol. The molecule has 1 saturated heterocycles. The summed E-state index contributed by atoms with van der Waals surface area (Å²) in [4.78, 5) is 18.9. The molecule has 3 rings (SSSR count). The number of aromatic nitrogens is 1. The van der Waals surface area contributed by atoms with Crippen LogP contribution >= 0.6 is 11.3 Å². The molecule has 2 aromatic rings. The van der Waals surface area contributed by atoms with Crippen LogP contribution in [0.25, 0.3) is 10.8 Å². The third-order valence-corrected chi connectivity index (χ3v) is 5.79. The monoisotopic (exact) mass is 362 g/mol. The van der Waals surface area contributed by atoms with Gasteiger partial charge in [-0.1, -0.05) is 20.8 Å². The van der Waals surface area contributed by atoms with E-state index in [4.69, 9.17) is 4.42 Å². The highest BCUT2D eigenvalue weighted by Crippen LogP contribution is 2.34. The number of piperidine rings is 1. The molecule has 0 saturated carbocycles. The van der Waals surface area contributed by atoms with Crippen molar-refractivity contribution < 1.29 is 14.3 Å². The van der Waals surface area contributed by atoms with E-state index in [1.165, 1.54) is 11.3 Å². The van der Waals surface area contributed by atoms with Crippen molar-refractivity contribution in [2.75, 3.05) is 13.1 Å². The number of hydrogen-bond donors (Lipinski definition) is 1. The third kappa shape index (κ3) is 4.12. The lowest BCUT2D eigenvalue weighted by atomic mass is 9.73. The summed E-state index contributed by atoms with van der Waals surface area (Å²) in [6.07, 6.45) is 0.641. The molecule has 2 aromatic heterocycles. The van der Waals surface area contributed by atoms with Crippen molar-refractivity contribution in [1.29, 1.82) is 0 Å². The van der Waals surface area contributed by atoms with Gasteiger partial charge in [-0.25, -0.2) is 4.98 Å². The first-order valence-corrected chi connectivity index (χ1v) is 9.59. The van der Waals surface area contributed by atoms with E-state index < -0.39 is 6.10 Å². The number of amides is 1. The molecule has 1 aliphatic rings. The number of thiazole rings is 1. The highest BCUT2D eigenvalue weighted by atomic mass is 32.1. The van der Waals surface area contributed by atoms with Gasteiger partial charge in [0.1, 0.15) is 5.76 Å². The Morgan fingerprint density at radius 2 is 2.20 bits per heavy atom. The van der Waals surface area contributed by atoms with Gasteiger partial charge in [-0.2, -0.15) is 0 Å². The molecular weight excluding hydrogens is 336 g/mol. The standard InChI is InChI=1S/C19H26N2O3S/c1-12-5-6-16(24-12)18-20-13(11-25-18)9-17(23)21-8-7-14(15(22)10-21)19(2,3)4/h5-6,11,14-15,22H,7-10H2,1-4H3/t14-,15-/m1/s1. The number of carbonyl (C=O) groups excluding carboxylic acids is 1. The first-order chi connectivity index (χ1) is 11.7. The van der Waals surface area contributed by atoms with Crippen LogP contribution in [-0.4, -0.2) is 40.1 Å². The van der Waals surface area contributed by atoms with Gasteiger partial charge in [-0.3, -0.25) is 4.79 Å². The van der Waals surface area contributed by atoms with E-state index in [9.17, 15) is 9.90 Å². The zero-order valence-corrected chi connectivity index (χ0v) is 16.1. The Kier molecular flexibility index (Phi) is 5.02. The number of aliphatic hydroxyl groups is 1. The summed E-state index contributed by atoms with van der Waals surface area (Å²) >= 11 is 1.48. The molecule has 5 nitrogen and oxygen atoms in total. The van der Waals surface area contributed by atoms with Gasteiger partial charge in [0, 0.05) is 18.5 Å². The van der Waals surface area contributed by atoms with Crippen LogP contribution in [-0.2, 0) is 11.2 Å². The molecule has 0 aromatic carbocycles. The van der Waals surface area contributed by atoms with Crippen molar-refractivity contribution in [3.8, 4) is 10.8 Å². The summed E-state index contributed by atoms with van der Waals surface area (Å²) < 4.78 is 5.58. The van der Waals surface area contributed by atoms with Crippen LogP contribution in [0.15, 0.2) is 21.9 Å². The van der Waals surface area contributed by atoms with Crippen LogP contribution in [0, 0.1) is 18.3 Å². The SMILES string of the molecule is Cc1ccc(-c2nc(CC(=O)N3CC[C@@H](C(C)(C)C)[C@H](O)C3)cs2)o1. The summed E-state index contributed by atoms with van der Waals surface area (Å²) in [5.41, 5.74) is 0.811. The smallest absolute Gasteiger partial charge is 0.228 e. The average molecular weight is 362 g/mol. The van der Waals surface area contributed by atoms with E-state index in [0.29, 0.717) is 13.1 Å². The Balaban J connectivity index is 1.61. The number of aliphatic hydroxyl groups excluding tert-OH is 1. The molecule has 6 heteroatoms. The zero-order chi connectivity index (χ0) is 18.2. The molecule has 0 aliphatic carbocycles. The summed E-state index contributed by atoms with van der Waals surface area (Å²) in [5.74, 6) is 1.84. The van der Waals surface area contributed by atoms with Crippen LogP contribution in [0.5, 0.6) is 0 Å². The topological polar surface area (TPSA) is 66.6 Å². The zero-order valence-electron chi connectivity index (χ0n) is 15.3. The predicted octanol–water partition coefficient (Wildman–Crippen LogP) is 3.51. The highest BCUT2D eigenvalue weighted by Gasteiger charge is 2.37. The summed E-state index contributed by atoms with van der Waals surface area (Å²) in [7, 11) is 0. The molecular formula is C19H26N2O3S. The molecule has 1 N–H and O–H groups in total. The van der Waals surface area contributed by atoms with Crippen LogP contribution < -0.4 is 0 Å². The van der Waals surface area contributed by atoms with Crippen LogP contribution in [0.4, 0.5) is 0 Å². The largest absolute Gasteiger partial charge is 0.459 e. The summed E-state index contributed by atoms with van der Waals surface area (Å²) in [6, 6.07) is 3.80. The van der Waals surface area contributed by atoms with Crippen LogP contribution in [0.3, 0.4) is 0 Å². The molecule has 1 aliphatic heterocycles. The van der Waals surface area contributed by atoms with E-state index in [-0.39, 0.29) is 23.7 Å². The van der Waals surface area contributed by atoms with Crippen molar-refractivity contribution in [1.82, 2.24) is 9.88 Å². The number of rotatable bonds is 3. The molecule has 1 fully saturated rings. The second-order valence-corrected chi connectivity index (χ2v) is 8.76. The normalized spacial score (nSPS) is 21.6. The van der Waals surface area contributed by atoms with Crippen LogP contribution in [0.2, 0.25) is 0 Å². The summed E-state index contributed by atoms with van der Waals surface area (Å²) in [5, 5.41) is 13.1. The van der Waals surface area contributed by atoms with Gasteiger partial charge in [0.05, 0.1) is 18.2 Å². The van der Waals surface area contributed by atoms with Crippen molar-refractivity contribution >= 4 is 17.2 Å². The van der Waals surface area contributed by atoms with Crippen LogP contribution in [0.1, 0.15) is 38.6 Å². The molecule has 0 unspecified atom stereocenters. The molecule has 25 heavy (non-hydrogen) atoms. The van der Waals surface area contributed by atoms with Crippen molar-refractivity contribution in [2.24, 2.45) is 11.3 Å². The Morgan fingerprint density at radius 1 is 1.44 bits per heavy atom. The lowest BCUT2D eigenvalue weighted by Crippen LogP contribution is -2.50. The molecule has 0 bridgehead atoms. The second kappa shape index (κ2) is 6.92. The number of carbonyl (C=O) groups is 1. The lowest BCUT2D eigenvalue weighted by molar-refractivity contribution is -0.136. The minimum absolute atomic E-state index is 0.0267. The van der Waals surface area contributed by atoms with E-state index >= 15 is 0 Å². The lowest BCUT2D eigenvalue weighted by Gasteiger charge is -2.42. The van der Waals surface area contributed by atoms with Gasteiger partial charge >= 0.3 is 0 Å². The van der Waals surface area contributed by atoms with Gasteiger partial charge < -0.3 is 14.4 Å². The molecule has 3 heterocycles. The highest BCUT2D eigenvalue weighted by molar-refractivity contribution is 7.13. The molecule has 2 atom stereocenters. The number of hydrogen-bond acceptors (Lipinski definition) is 5. The third-order valence-electron chi connectivity index (χ3n) is 4.88. The van der Waals surface area contributed by atoms with Gasteiger partial charge in [-0.05, 0) is 36.8 Å². The minimum atomic E-state index is -0.463. The average Bonchev–Trinajstić information content (AvgIpc) is 3.14. The fraction of sp³-hybridized carbons (Fsp3) is 0.579. The number of furan rings is 1. The van der Waals surface area contributed by atoms with Crippen molar-refractivity contribution in [3.05, 3.63) is 29.0 Å². The molecule has 136 valence electrons. The Labute approximate surface area is 152 Å². The van der Waals surface area contributed by atoms with E-state index in [2.05, 4.69) is 25.8 Å². The minimum Gasteiger partial charge on any atom is -0.459 e. The number of likely N-dealkylation sites (tertiary alicyclic amines) is 1. The van der Waals surface area contributed by atoms with Gasteiger partial charge in [-0.15, -0.1) is 11.3 Å². The maximum absolute atomic E-state index is 12.6. The van der Waals surface area contributed by atoms with E-state index in [1.807, 2.05) is 24.4 Å². The van der Waals surface area contributed by atoms with Gasteiger partial charge in [0.15, 0.2) is 10.8 Å². The second-order valence-electron chi connectivity index (χ2n) is 7.90. The Morgan fingerprint density at radius 3 is 2.80 bits per heavy atom. The molecule has 0 radical (unpaired) electrons. The van der Waals surface area contributed by atoms with Gasteiger partial charge in [0.25, 0.3) is 0 Å². The number of β-amino-alcohol motifs (C(OH)–C–C–N with tert-alkyl or cyclic N) is 1. The maximum atomic E-state index is 12.6. The fourth-order valence-electron chi connectivity index (χ4n) is 3.49. The first kappa shape index (κ1) is 18.1. The fourth-order valence-corrected chi connectivity index (χ4v) is 4.27. The van der Waals surface area contributed by atoms with Crippen molar-refractivity contribution in [2.45, 2.75) is 46.6 Å². The maximum Gasteiger partial charge on any atom is 0.228 e. The number of aryl methyl sites for hydroxylation is 1.